The third-order valence-electron chi connectivity index (χ3n) is 3.88. The molecular weight excluding hydrogens is 288 g/mol. The van der Waals surface area contributed by atoms with Crippen LogP contribution >= 0.6 is 0 Å². The van der Waals surface area contributed by atoms with Crippen LogP contribution < -0.4 is 4.74 Å². The maximum atomic E-state index is 10.8. The highest BCUT2D eigenvalue weighted by atomic mass is 16.5. The van der Waals surface area contributed by atoms with Gasteiger partial charge < -0.3 is 14.3 Å². The van der Waals surface area contributed by atoms with E-state index in [1.807, 2.05) is 61.5 Å². The number of aldehydes is 1. The van der Waals surface area contributed by atoms with Gasteiger partial charge >= 0.3 is 0 Å². The number of hydrogen-bond acceptors (Lipinski definition) is 3. The van der Waals surface area contributed by atoms with Gasteiger partial charge in [-0.25, -0.2) is 0 Å². The largest absolute Gasteiger partial charge is 0.489 e. The molecule has 0 bridgehead atoms. The van der Waals surface area contributed by atoms with Gasteiger partial charge in [-0.3, -0.25) is 0 Å². The highest BCUT2D eigenvalue weighted by molar-refractivity contribution is 5.52. The summed E-state index contributed by atoms with van der Waals surface area (Å²) in [5.74, 6) is 0.891. The van der Waals surface area contributed by atoms with E-state index in [0.717, 1.165) is 36.0 Å². The number of methoxy groups -OCH3 is 1. The van der Waals surface area contributed by atoms with Crippen LogP contribution in [0.4, 0.5) is 0 Å². The lowest BCUT2D eigenvalue weighted by atomic mass is 9.99. The topological polar surface area (TPSA) is 35.5 Å². The van der Waals surface area contributed by atoms with Crippen LogP contribution in [0.25, 0.3) is 0 Å². The van der Waals surface area contributed by atoms with E-state index in [1.165, 1.54) is 0 Å². The molecule has 0 heterocycles. The summed E-state index contributed by atoms with van der Waals surface area (Å²) in [6, 6.07) is 18.1. The van der Waals surface area contributed by atoms with Gasteiger partial charge in [0.15, 0.2) is 0 Å². The summed E-state index contributed by atoms with van der Waals surface area (Å²) in [5, 5.41) is 0. The third kappa shape index (κ3) is 5.53. The average molecular weight is 312 g/mol. The lowest BCUT2D eigenvalue weighted by Crippen LogP contribution is -2.05. The summed E-state index contributed by atoms with van der Waals surface area (Å²) >= 11 is 0. The zero-order chi connectivity index (χ0) is 16.5. The van der Waals surface area contributed by atoms with Crippen LogP contribution in [0, 0.1) is 5.92 Å². The molecule has 23 heavy (non-hydrogen) atoms. The van der Waals surface area contributed by atoms with Gasteiger partial charge in [0, 0.05) is 13.0 Å². The number of carbonyl (C=O) groups excluding carboxylic acids is 1. The van der Waals surface area contributed by atoms with Gasteiger partial charge in [-0.05, 0) is 36.1 Å². The van der Waals surface area contributed by atoms with Crippen molar-refractivity contribution in [2.24, 2.45) is 5.92 Å². The summed E-state index contributed by atoms with van der Waals surface area (Å²) in [7, 11) is 1.70. The number of carbonyl (C=O) groups is 1. The molecule has 0 saturated carbocycles. The van der Waals surface area contributed by atoms with E-state index in [9.17, 15) is 4.79 Å². The van der Waals surface area contributed by atoms with Crippen LogP contribution in [-0.4, -0.2) is 13.4 Å². The predicted molar refractivity (Wildman–Crippen MR) is 91.4 cm³/mol. The number of ether oxygens (including phenoxy) is 2. The lowest BCUT2D eigenvalue weighted by molar-refractivity contribution is -0.111. The molecule has 0 radical (unpaired) electrons. The Morgan fingerprint density at radius 3 is 2.52 bits per heavy atom. The maximum absolute atomic E-state index is 10.8. The van der Waals surface area contributed by atoms with Crippen LogP contribution in [0.5, 0.6) is 5.75 Å². The first-order valence-corrected chi connectivity index (χ1v) is 7.97. The van der Waals surface area contributed by atoms with E-state index >= 15 is 0 Å². The molecule has 2 rings (SSSR count). The molecule has 2 aromatic rings. The summed E-state index contributed by atoms with van der Waals surface area (Å²) in [6.45, 7) is 2.48. The van der Waals surface area contributed by atoms with Crippen LogP contribution in [0.15, 0.2) is 54.6 Å². The molecule has 0 saturated heterocycles. The Kier molecular flexibility index (Phi) is 6.82. The average Bonchev–Trinajstić information content (AvgIpc) is 2.61. The fourth-order valence-electron chi connectivity index (χ4n) is 2.45. The van der Waals surface area contributed by atoms with Gasteiger partial charge in [0.05, 0.1) is 6.10 Å². The van der Waals surface area contributed by atoms with Crippen LogP contribution in [0.2, 0.25) is 0 Å². The SMILES string of the molecule is CO[C@@H](CC[C@H](C)C=O)c1cccc(OCc2ccccc2)c1. The second kappa shape index (κ2) is 9.11. The van der Waals surface area contributed by atoms with Gasteiger partial charge in [-0.1, -0.05) is 49.4 Å². The van der Waals surface area contributed by atoms with Crippen molar-refractivity contribution in [2.45, 2.75) is 32.5 Å². The minimum absolute atomic E-state index is 0.0160. The maximum Gasteiger partial charge on any atom is 0.122 e. The van der Waals surface area contributed by atoms with Crippen molar-refractivity contribution in [1.29, 1.82) is 0 Å². The molecule has 0 amide bonds. The van der Waals surface area contributed by atoms with Crippen molar-refractivity contribution < 1.29 is 14.3 Å². The lowest BCUT2D eigenvalue weighted by Gasteiger charge is -2.17. The molecule has 3 heteroatoms. The molecule has 0 aliphatic heterocycles. The zero-order valence-corrected chi connectivity index (χ0v) is 13.8. The second-order valence-corrected chi connectivity index (χ2v) is 5.76. The number of rotatable bonds is 9. The van der Waals surface area contributed by atoms with Gasteiger partial charge in [-0.15, -0.1) is 0 Å². The van der Waals surface area contributed by atoms with Crippen molar-refractivity contribution in [3.05, 3.63) is 65.7 Å². The molecule has 0 N–H and O–H groups in total. The van der Waals surface area contributed by atoms with E-state index in [4.69, 9.17) is 9.47 Å². The molecule has 0 aliphatic carbocycles. The fourth-order valence-corrected chi connectivity index (χ4v) is 2.45. The van der Waals surface area contributed by atoms with Crippen LogP contribution in [0.3, 0.4) is 0 Å². The fraction of sp³-hybridized carbons (Fsp3) is 0.350. The molecule has 0 aliphatic rings. The first kappa shape index (κ1) is 17.2. The highest BCUT2D eigenvalue weighted by Gasteiger charge is 2.13. The quantitative estimate of drug-likeness (QED) is 0.636. The summed E-state index contributed by atoms with van der Waals surface area (Å²) in [5.41, 5.74) is 2.22. The first-order chi connectivity index (χ1) is 11.2. The van der Waals surface area contributed by atoms with Crippen LogP contribution in [-0.2, 0) is 16.1 Å². The minimum atomic E-state index is -0.0160. The number of benzene rings is 2. The highest BCUT2D eigenvalue weighted by Crippen LogP contribution is 2.27. The second-order valence-electron chi connectivity index (χ2n) is 5.76. The molecule has 3 nitrogen and oxygen atoms in total. The molecule has 122 valence electrons. The summed E-state index contributed by atoms with van der Waals surface area (Å²) in [6.07, 6.45) is 2.61. The molecule has 0 fully saturated rings. The van der Waals surface area contributed by atoms with Crippen molar-refractivity contribution in [3.8, 4) is 5.75 Å². The summed E-state index contributed by atoms with van der Waals surface area (Å²) in [4.78, 5) is 10.8. The standard InChI is InChI=1S/C20H24O3/c1-16(14-21)11-12-20(22-2)18-9-6-10-19(13-18)23-15-17-7-4-3-5-8-17/h3-10,13-14,16,20H,11-12,15H2,1-2H3/t16-,20-/m0/s1. The monoisotopic (exact) mass is 312 g/mol. The van der Waals surface area contributed by atoms with E-state index in [0.29, 0.717) is 6.61 Å². The molecule has 2 atom stereocenters. The predicted octanol–water partition coefficient (Wildman–Crippen LogP) is 4.57. The molecule has 0 spiro atoms. The molecular formula is C20H24O3. The Balaban J connectivity index is 1.98. The first-order valence-electron chi connectivity index (χ1n) is 7.97. The van der Waals surface area contributed by atoms with Crippen molar-refractivity contribution in [2.75, 3.05) is 7.11 Å². The Morgan fingerprint density at radius 1 is 1.04 bits per heavy atom. The van der Waals surface area contributed by atoms with E-state index in [-0.39, 0.29) is 12.0 Å². The normalized spacial score (nSPS) is 13.3. The molecule has 0 unspecified atom stereocenters. The van der Waals surface area contributed by atoms with E-state index in [2.05, 4.69) is 0 Å². The van der Waals surface area contributed by atoms with Crippen LogP contribution in [0.1, 0.15) is 37.0 Å². The van der Waals surface area contributed by atoms with Gasteiger partial charge in [0.1, 0.15) is 18.6 Å². The summed E-state index contributed by atoms with van der Waals surface area (Å²) < 4.78 is 11.4. The Labute approximate surface area is 138 Å². The van der Waals surface area contributed by atoms with E-state index < -0.39 is 0 Å². The Hall–Kier alpha value is -2.13. The van der Waals surface area contributed by atoms with Gasteiger partial charge in [0.25, 0.3) is 0 Å². The zero-order valence-electron chi connectivity index (χ0n) is 13.8. The van der Waals surface area contributed by atoms with Gasteiger partial charge in [0.2, 0.25) is 0 Å². The smallest absolute Gasteiger partial charge is 0.122 e. The van der Waals surface area contributed by atoms with Crippen molar-refractivity contribution in [3.63, 3.8) is 0 Å². The molecule has 2 aromatic carbocycles. The Morgan fingerprint density at radius 2 is 1.83 bits per heavy atom. The van der Waals surface area contributed by atoms with Crippen molar-refractivity contribution >= 4 is 6.29 Å². The number of hydrogen-bond donors (Lipinski definition) is 0. The minimum Gasteiger partial charge on any atom is -0.489 e. The van der Waals surface area contributed by atoms with Crippen molar-refractivity contribution in [1.82, 2.24) is 0 Å². The van der Waals surface area contributed by atoms with E-state index in [1.54, 1.807) is 7.11 Å². The van der Waals surface area contributed by atoms with Gasteiger partial charge in [-0.2, -0.15) is 0 Å². The Bertz CT molecular complexity index is 595. The third-order valence-corrected chi connectivity index (χ3v) is 3.88. The molecule has 0 aromatic heterocycles.